The van der Waals surface area contributed by atoms with Crippen LogP contribution >= 0.6 is 0 Å². The summed E-state index contributed by atoms with van der Waals surface area (Å²) in [6, 6.07) is 0. The van der Waals surface area contributed by atoms with Crippen molar-refractivity contribution < 1.29 is 9.84 Å². The Morgan fingerprint density at radius 3 is 3.06 bits per heavy atom. The molecule has 1 unspecified atom stereocenters. The van der Waals surface area contributed by atoms with Gasteiger partial charge in [-0.2, -0.15) is 0 Å². The van der Waals surface area contributed by atoms with Crippen molar-refractivity contribution >= 4 is 11.7 Å². The molecule has 1 atom stereocenters. The lowest BCUT2D eigenvalue weighted by Gasteiger charge is -2.33. The van der Waals surface area contributed by atoms with Gasteiger partial charge in [0.2, 0.25) is 0 Å². The number of aliphatic hydroxyl groups excluding tert-OH is 1. The maximum atomic E-state index is 9.08. The molecule has 92 valence electrons. The zero-order chi connectivity index (χ0) is 12.3. The Labute approximate surface area is 98.7 Å². The number of nitrogens with one attached hydrogen (secondary N) is 1. The van der Waals surface area contributed by atoms with Crippen molar-refractivity contribution in [2.75, 3.05) is 31.2 Å². The lowest BCUT2D eigenvalue weighted by atomic mass is 10.2. The molecule has 0 radical (unpaired) electrons. The number of nitrogens with zero attached hydrogens (tertiary/aromatic N) is 3. The maximum Gasteiger partial charge on any atom is 0.158 e. The summed E-state index contributed by atoms with van der Waals surface area (Å²) in [5.74, 6) is 0.460. The van der Waals surface area contributed by atoms with Crippen LogP contribution in [0.5, 0.6) is 0 Å². The van der Waals surface area contributed by atoms with Crippen molar-refractivity contribution in [2.24, 2.45) is 5.73 Å². The number of amidine groups is 1. The molecule has 1 fully saturated rings. The predicted molar refractivity (Wildman–Crippen MR) is 62.1 cm³/mol. The van der Waals surface area contributed by atoms with Gasteiger partial charge in [0.05, 0.1) is 19.3 Å². The molecule has 7 nitrogen and oxygen atoms in total. The average Bonchev–Trinajstić information content (AvgIpc) is 2.39. The van der Waals surface area contributed by atoms with Crippen LogP contribution in [-0.2, 0) is 4.74 Å². The largest absolute Gasteiger partial charge is 0.394 e. The SMILES string of the molecule is N=C(N)c1nccnc1N1CCOC(CO)C1. The molecular formula is C10H15N5O2. The Kier molecular flexibility index (Phi) is 3.50. The standard InChI is InChI=1S/C10H15N5O2/c11-9(12)8-10(14-2-1-13-8)15-3-4-17-7(5-15)6-16/h1-2,7,16H,3-6H2,(H3,11,12). The summed E-state index contributed by atoms with van der Waals surface area (Å²) in [7, 11) is 0. The number of aliphatic hydroxyl groups is 1. The predicted octanol–water partition coefficient (Wildman–Crippen LogP) is -1.04. The number of aromatic nitrogens is 2. The number of hydrogen-bond acceptors (Lipinski definition) is 6. The van der Waals surface area contributed by atoms with Crippen molar-refractivity contribution in [3.05, 3.63) is 18.1 Å². The highest BCUT2D eigenvalue weighted by atomic mass is 16.5. The highest BCUT2D eigenvalue weighted by Crippen LogP contribution is 2.17. The molecule has 2 rings (SSSR count). The van der Waals surface area contributed by atoms with Crippen LogP contribution in [0.3, 0.4) is 0 Å². The first-order valence-corrected chi connectivity index (χ1v) is 5.35. The summed E-state index contributed by atoms with van der Waals surface area (Å²) in [4.78, 5) is 10.2. The molecule has 0 aromatic carbocycles. The van der Waals surface area contributed by atoms with Crippen molar-refractivity contribution in [3.8, 4) is 0 Å². The molecule has 7 heteroatoms. The fourth-order valence-electron chi connectivity index (χ4n) is 1.77. The highest BCUT2D eigenvalue weighted by Gasteiger charge is 2.23. The third kappa shape index (κ3) is 2.51. The van der Waals surface area contributed by atoms with Gasteiger partial charge in [0.25, 0.3) is 0 Å². The molecule has 2 heterocycles. The monoisotopic (exact) mass is 237 g/mol. The first-order valence-electron chi connectivity index (χ1n) is 5.35. The van der Waals surface area contributed by atoms with Gasteiger partial charge in [0, 0.05) is 25.5 Å². The minimum absolute atomic E-state index is 0.0355. The van der Waals surface area contributed by atoms with Crippen LogP contribution in [0.1, 0.15) is 5.69 Å². The van der Waals surface area contributed by atoms with E-state index in [4.69, 9.17) is 21.0 Å². The zero-order valence-corrected chi connectivity index (χ0v) is 9.33. The molecular weight excluding hydrogens is 222 g/mol. The average molecular weight is 237 g/mol. The number of ether oxygens (including phenoxy) is 1. The van der Waals surface area contributed by atoms with Crippen LogP contribution in [0.15, 0.2) is 12.4 Å². The van der Waals surface area contributed by atoms with Crippen molar-refractivity contribution in [2.45, 2.75) is 6.10 Å². The van der Waals surface area contributed by atoms with Gasteiger partial charge in [-0.25, -0.2) is 9.97 Å². The Balaban J connectivity index is 2.24. The van der Waals surface area contributed by atoms with E-state index in [0.717, 1.165) is 0 Å². The normalized spacial score (nSPS) is 20.3. The van der Waals surface area contributed by atoms with Crippen molar-refractivity contribution in [3.63, 3.8) is 0 Å². The number of morpholine rings is 1. The van der Waals surface area contributed by atoms with E-state index >= 15 is 0 Å². The van der Waals surface area contributed by atoms with Gasteiger partial charge >= 0.3 is 0 Å². The summed E-state index contributed by atoms with van der Waals surface area (Å²) >= 11 is 0. The second kappa shape index (κ2) is 5.07. The van der Waals surface area contributed by atoms with Crippen molar-refractivity contribution in [1.82, 2.24) is 9.97 Å². The maximum absolute atomic E-state index is 9.08. The molecule has 1 aromatic rings. The fraction of sp³-hybridized carbons (Fsp3) is 0.500. The third-order valence-corrected chi connectivity index (χ3v) is 2.58. The number of rotatable bonds is 3. The van der Waals surface area contributed by atoms with Crippen LogP contribution < -0.4 is 10.6 Å². The molecule has 1 aliphatic rings. The van der Waals surface area contributed by atoms with E-state index in [0.29, 0.717) is 31.2 Å². The van der Waals surface area contributed by atoms with Crippen LogP contribution in [0.25, 0.3) is 0 Å². The van der Waals surface area contributed by atoms with Gasteiger partial charge in [0.1, 0.15) is 11.5 Å². The highest BCUT2D eigenvalue weighted by molar-refractivity contribution is 5.97. The van der Waals surface area contributed by atoms with E-state index < -0.39 is 0 Å². The fourth-order valence-corrected chi connectivity index (χ4v) is 1.77. The number of nitrogen functional groups attached to an aromatic ring is 1. The van der Waals surface area contributed by atoms with Gasteiger partial charge in [-0.05, 0) is 0 Å². The Hall–Kier alpha value is -1.73. The summed E-state index contributed by atoms with van der Waals surface area (Å²) in [5, 5.41) is 16.5. The Morgan fingerprint density at radius 1 is 1.59 bits per heavy atom. The van der Waals surface area contributed by atoms with E-state index in [9.17, 15) is 0 Å². The number of anilines is 1. The van der Waals surface area contributed by atoms with Crippen LogP contribution in [-0.4, -0.2) is 53.3 Å². The van der Waals surface area contributed by atoms with Gasteiger partial charge in [-0.15, -0.1) is 0 Å². The molecule has 4 N–H and O–H groups in total. The minimum Gasteiger partial charge on any atom is -0.394 e. The van der Waals surface area contributed by atoms with Gasteiger partial charge in [0.15, 0.2) is 5.82 Å². The van der Waals surface area contributed by atoms with E-state index in [2.05, 4.69) is 9.97 Å². The summed E-state index contributed by atoms with van der Waals surface area (Å²) < 4.78 is 5.35. The van der Waals surface area contributed by atoms with Gasteiger partial charge < -0.3 is 20.5 Å². The Morgan fingerprint density at radius 2 is 2.35 bits per heavy atom. The van der Waals surface area contributed by atoms with Crippen LogP contribution in [0.4, 0.5) is 5.82 Å². The minimum atomic E-state index is -0.231. The molecule has 1 aromatic heterocycles. The summed E-state index contributed by atoms with van der Waals surface area (Å²) in [6.07, 6.45) is 2.83. The molecule has 1 saturated heterocycles. The molecule has 0 bridgehead atoms. The van der Waals surface area contributed by atoms with E-state index in [1.54, 1.807) is 6.20 Å². The number of hydrogen-bond donors (Lipinski definition) is 3. The first kappa shape index (κ1) is 11.7. The second-order valence-electron chi connectivity index (χ2n) is 3.76. The number of nitrogens with two attached hydrogens (primary N) is 1. The topological polar surface area (TPSA) is 108 Å². The summed E-state index contributed by atoms with van der Waals surface area (Å²) in [5.41, 5.74) is 5.83. The second-order valence-corrected chi connectivity index (χ2v) is 3.76. The quantitative estimate of drug-likeness (QED) is 0.457. The lowest BCUT2D eigenvalue weighted by molar-refractivity contribution is 0.00333. The molecule has 17 heavy (non-hydrogen) atoms. The summed E-state index contributed by atoms with van der Waals surface area (Å²) in [6.45, 7) is 1.65. The lowest BCUT2D eigenvalue weighted by Crippen LogP contribution is -2.45. The molecule has 0 aliphatic carbocycles. The van der Waals surface area contributed by atoms with E-state index in [-0.39, 0.29) is 18.5 Å². The van der Waals surface area contributed by atoms with E-state index in [1.807, 2.05) is 4.90 Å². The molecule has 0 amide bonds. The first-order chi connectivity index (χ1) is 8.22. The smallest absolute Gasteiger partial charge is 0.158 e. The molecule has 0 saturated carbocycles. The van der Waals surface area contributed by atoms with Gasteiger partial charge in [-0.1, -0.05) is 0 Å². The van der Waals surface area contributed by atoms with Crippen LogP contribution in [0.2, 0.25) is 0 Å². The zero-order valence-electron chi connectivity index (χ0n) is 9.33. The Bertz CT molecular complexity index is 411. The third-order valence-electron chi connectivity index (χ3n) is 2.58. The van der Waals surface area contributed by atoms with E-state index in [1.165, 1.54) is 6.20 Å². The molecule has 0 spiro atoms. The van der Waals surface area contributed by atoms with Crippen LogP contribution in [0, 0.1) is 5.41 Å². The molecule has 1 aliphatic heterocycles. The van der Waals surface area contributed by atoms with Crippen molar-refractivity contribution in [1.29, 1.82) is 5.41 Å². The van der Waals surface area contributed by atoms with Gasteiger partial charge in [-0.3, -0.25) is 5.41 Å².